The minimum atomic E-state index is -0.326. The lowest BCUT2D eigenvalue weighted by Crippen LogP contribution is -2.18. The molecule has 1 unspecified atom stereocenters. The number of hydrogen-bond donors (Lipinski definition) is 2. The first kappa shape index (κ1) is 15.4. The molecule has 0 bridgehead atoms. The number of rotatable bonds is 7. The highest BCUT2D eigenvalue weighted by molar-refractivity contribution is 5.75. The molecule has 0 spiro atoms. The average molecular weight is 268 g/mol. The highest BCUT2D eigenvalue weighted by atomic mass is 19.1. The molecular formula is C14H21FN2O2. The van der Waals surface area contributed by atoms with Crippen molar-refractivity contribution in [1.82, 2.24) is 10.6 Å². The lowest BCUT2D eigenvalue weighted by molar-refractivity contribution is -0.120. The molecule has 1 amide bonds. The highest BCUT2D eigenvalue weighted by Gasteiger charge is 2.11. The molecule has 4 nitrogen and oxygen atoms in total. The SMILES string of the molecule is CNC(=O)CCCOc1cc(F)ccc1C(C)NC. The first-order valence-corrected chi connectivity index (χ1v) is 6.38. The Hall–Kier alpha value is -1.62. The van der Waals surface area contributed by atoms with Gasteiger partial charge in [0, 0.05) is 31.1 Å². The van der Waals surface area contributed by atoms with Gasteiger partial charge in [-0.05, 0) is 26.5 Å². The lowest BCUT2D eigenvalue weighted by Gasteiger charge is -2.16. The molecule has 0 heterocycles. The minimum Gasteiger partial charge on any atom is -0.493 e. The summed E-state index contributed by atoms with van der Waals surface area (Å²) in [5, 5.41) is 5.64. The molecule has 0 saturated heterocycles. The van der Waals surface area contributed by atoms with E-state index < -0.39 is 0 Å². The average Bonchev–Trinajstić information content (AvgIpc) is 2.42. The molecule has 106 valence electrons. The molecule has 1 rings (SSSR count). The predicted molar refractivity (Wildman–Crippen MR) is 72.7 cm³/mol. The Labute approximate surface area is 113 Å². The van der Waals surface area contributed by atoms with Crippen LogP contribution in [0.3, 0.4) is 0 Å². The Morgan fingerprint density at radius 1 is 1.42 bits per heavy atom. The van der Waals surface area contributed by atoms with Gasteiger partial charge in [-0.3, -0.25) is 4.79 Å². The van der Waals surface area contributed by atoms with Crippen LogP contribution in [0.5, 0.6) is 5.75 Å². The number of amides is 1. The number of carbonyl (C=O) groups is 1. The van der Waals surface area contributed by atoms with Crippen molar-refractivity contribution in [2.75, 3.05) is 20.7 Å². The summed E-state index contributed by atoms with van der Waals surface area (Å²) in [7, 11) is 3.44. The molecule has 0 saturated carbocycles. The summed E-state index contributed by atoms with van der Waals surface area (Å²) in [4.78, 5) is 11.1. The molecule has 0 fully saturated rings. The van der Waals surface area contributed by atoms with Gasteiger partial charge in [0.15, 0.2) is 0 Å². The van der Waals surface area contributed by atoms with E-state index in [0.29, 0.717) is 25.2 Å². The van der Waals surface area contributed by atoms with Gasteiger partial charge in [0.2, 0.25) is 5.91 Å². The number of halogens is 1. The second-order valence-corrected chi connectivity index (χ2v) is 4.32. The van der Waals surface area contributed by atoms with Crippen LogP contribution in [0.15, 0.2) is 18.2 Å². The fraction of sp³-hybridized carbons (Fsp3) is 0.500. The van der Waals surface area contributed by atoms with Crippen molar-refractivity contribution < 1.29 is 13.9 Å². The Bertz CT molecular complexity index is 424. The molecule has 1 atom stereocenters. The maximum Gasteiger partial charge on any atom is 0.219 e. The number of carbonyl (C=O) groups excluding carboxylic acids is 1. The zero-order chi connectivity index (χ0) is 14.3. The van der Waals surface area contributed by atoms with Crippen LogP contribution in [0, 0.1) is 5.82 Å². The van der Waals surface area contributed by atoms with Crippen LogP contribution < -0.4 is 15.4 Å². The monoisotopic (exact) mass is 268 g/mol. The Balaban J connectivity index is 2.60. The van der Waals surface area contributed by atoms with Gasteiger partial charge in [0.05, 0.1) is 6.61 Å². The number of hydrogen-bond acceptors (Lipinski definition) is 3. The van der Waals surface area contributed by atoms with Gasteiger partial charge in [0.25, 0.3) is 0 Å². The molecule has 0 aliphatic carbocycles. The van der Waals surface area contributed by atoms with Crippen molar-refractivity contribution >= 4 is 5.91 Å². The predicted octanol–water partition coefficient (Wildman–Crippen LogP) is 2.01. The molecular weight excluding hydrogens is 247 g/mol. The van der Waals surface area contributed by atoms with Crippen molar-refractivity contribution in [3.8, 4) is 5.75 Å². The number of ether oxygens (including phenoxy) is 1. The standard InChI is InChI=1S/C14H21FN2O2/c1-10(16-2)12-7-6-11(15)9-13(12)19-8-4-5-14(18)17-3/h6-7,9-10,16H,4-5,8H2,1-3H3,(H,17,18). The summed E-state index contributed by atoms with van der Waals surface area (Å²) in [5.41, 5.74) is 0.906. The third-order valence-electron chi connectivity index (χ3n) is 2.96. The fourth-order valence-electron chi connectivity index (χ4n) is 1.69. The Morgan fingerprint density at radius 2 is 2.16 bits per heavy atom. The van der Waals surface area contributed by atoms with Crippen LogP contribution in [0.4, 0.5) is 4.39 Å². The Morgan fingerprint density at radius 3 is 2.79 bits per heavy atom. The topological polar surface area (TPSA) is 50.4 Å². The van der Waals surface area contributed by atoms with Crippen LogP contribution >= 0.6 is 0 Å². The summed E-state index contributed by atoms with van der Waals surface area (Å²) >= 11 is 0. The van der Waals surface area contributed by atoms with Crippen LogP contribution in [0.2, 0.25) is 0 Å². The first-order valence-electron chi connectivity index (χ1n) is 6.38. The van der Waals surface area contributed by atoms with Crippen LogP contribution in [0.1, 0.15) is 31.4 Å². The molecule has 1 aromatic carbocycles. The molecule has 0 radical (unpaired) electrons. The van der Waals surface area contributed by atoms with E-state index in [0.717, 1.165) is 5.56 Å². The van der Waals surface area contributed by atoms with Crippen molar-refractivity contribution in [3.05, 3.63) is 29.6 Å². The molecule has 0 aliphatic heterocycles. The normalized spacial score (nSPS) is 12.0. The fourth-order valence-corrected chi connectivity index (χ4v) is 1.69. The van der Waals surface area contributed by atoms with E-state index in [1.807, 2.05) is 14.0 Å². The van der Waals surface area contributed by atoms with Crippen LogP contribution in [-0.2, 0) is 4.79 Å². The van der Waals surface area contributed by atoms with Gasteiger partial charge in [-0.25, -0.2) is 4.39 Å². The van der Waals surface area contributed by atoms with Crippen LogP contribution in [-0.4, -0.2) is 26.6 Å². The summed E-state index contributed by atoms with van der Waals surface area (Å²) in [6, 6.07) is 4.59. The van der Waals surface area contributed by atoms with E-state index in [1.54, 1.807) is 13.1 Å². The van der Waals surface area contributed by atoms with Gasteiger partial charge in [-0.15, -0.1) is 0 Å². The summed E-state index contributed by atoms with van der Waals surface area (Å²) in [6.07, 6.45) is 1.01. The Kier molecular flexibility index (Phi) is 6.29. The van der Waals surface area contributed by atoms with Crippen molar-refractivity contribution in [2.45, 2.75) is 25.8 Å². The van der Waals surface area contributed by atoms with Gasteiger partial charge < -0.3 is 15.4 Å². The van der Waals surface area contributed by atoms with Gasteiger partial charge in [0.1, 0.15) is 11.6 Å². The number of nitrogens with one attached hydrogen (secondary N) is 2. The maximum absolute atomic E-state index is 13.2. The van der Waals surface area contributed by atoms with Crippen molar-refractivity contribution in [1.29, 1.82) is 0 Å². The zero-order valence-corrected chi connectivity index (χ0v) is 11.6. The zero-order valence-electron chi connectivity index (χ0n) is 11.6. The quantitative estimate of drug-likeness (QED) is 0.744. The van der Waals surface area contributed by atoms with E-state index >= 15 is 0 Å². The molecule has 1 aromatic rings. The third kappa shape index (κ3) is 4.87. The largest absolute Gasteiger partial charge is 0.493 e. The van der Waals surface area contributed by atoms with Crippen molar-refractivity contribution in [2.24, 2.45) is 0 Å². The highest BCUT2D eigenvalue weighted by Crippen LogP contribution is 2.26. The van der Waals surface area contributed by atoms with Crippen molar-refractivity contribution in [3.63, 3.8) is 0 Å². The first-order chi connectivity index (χ1) is 9.08. The third-order valence-corrected chi connectivity index (χ3v) is 2.96. The summed E-state index contributed by atoms with van der Waals surface area (Å²) < 4.78 is 18.8. The van der Waals surface area contributed by atoms with Gasteiger partial charge >= 0.3 is 0 Å². The second-order valence-electron chi connectivity index (χ2n) is 4.32. The minimum absolute atomic E-state index is 0.0216. The molecule has 2 N–H and O–H groups in total. The van der Waals surface area contributed by atoms with E-state index in [9.17, 15) is 9.18 Å². The maximum atomic E-state index is 13.2. The van der Waals surface area contributed by atoms with E-state index in [4.69, 9.17) is 4.74 Å². The summed E-state index contributed by atoms with van der Waals surface area (Å²) in [5.74, 6) is 0.179. The molecule has 19 heavy (non-hydrogen) atoms. The molecule has 0 aromatic heterocycles. The van der Waals surface area contributed by atoms with Gasteiger partial charge in [-0.2, -0.15) is 0 Å². The van der Waals surface area contributed by atoms with E-state index in [2.05, 4.69) is 10.6 Å². The lowest BCUT2D eigenvalue weighted by atomic mass is 10.1. The summed E-state index contributed by atoms with van der Waals surface area (Å²) in [6.45, 7) is 2.37. The molecule has 5 heteroatoms. The number of benzene rings is 1. The molecule has 0 aliphatic rings. The van der Waals surface area contributed by atoms with E-state index in [-0.39, 0.29) is 17.8 Å². The second kappa shape index (κ2) is 7.74. The smallest absolute Gasteiger partial charge is 0.219 e. The van der Waals surface area contributed by atoms with E-state index in [1.165, 1.54) is 12.1 Å². The van der Waals surface area contributed by atoms with Gasteiger partial charge in [-0.1, -0.05) is 6.07 Å². The van der Waals surface area contributed by atoms with Crippen LogP contribution in [0.25, 0.3) is 0 Å².